The molecule has 0 atom stereocenters. The third kappa shape index (κ3) is 5.05. The molecule has 1 heterocycles. The van der Waals surface area contributed by atoms with Crippen LogP contribution in [-0.4, -0.2) is 29.0 Å². The Bertz CT molecular complexity index is 683. The number of aromatic nitrogens is 1. The molecule has 0 aliphatic rings. The van der Waals surface area contributed by atoms with Gasteiger partial charge in [0, 0.05) is 37.1 Å². The lowest BCUT2D eigenvalue weighted by atomic mass is 9.96. The maximum absolute atomic E-state index is 12.8. The van der Waals surface area contributed by atoms with Crippen LogP contribution in [0.3, 0.4) is 0 Å². The molecule has 2 amide bonds. The van der Waals surface area contributed by atoms with Crippen molar-refractivity contribution in [1.82, 2.24) is 9.88 Å². The number of pyridine rings is 1. The Balaban J connectivity index is 2.11. The molecule has 1 aromatic heterocycles. The smallest absolute Gasteiger partial charge is 0.321 e. The molecular formula is C21H29N3O. The number of carbonyl (C=O) groups is 1. The third-order valence-corrected chi connectivity index (χ3v) is 4.45. The second-order valence-corrected chi connectivity index (χ2v) is 6.47. The van der Waals surface area contributed by atoms with Crippen LogP contribution in [0.1, 0.15) is 50.4 Å². The summed E-state index contributed by atoms with van der Waals surface area (Å²) in [5, 5.41) is 3.17. The lowest BCUT2D eigenvalue weighted by Gasteiger charge is -2.24. The van der Waals surface area contributed by atoms with E-state index >= 15 is 0 Å². The number of hydrogen-bond acceptors (Lipinski definition) is 2. The van der Waals surface area contributed by atoms with Gasteiger partial charge in [0.25, 0.3) is 0 Å². The summed E-state index contributed by atoms with van der Waals surface area (Å²) < 4.78 is 0. The number of hydrogen-bond donors (Lipinski definition) is 1. The van der Waals surface area contributed by atoms with Crippen LogP contribution in [0, 0.1) is 0 Å². The largest absolute Gasteiger partial charge is 0.324 e. The van der Waals surface area contributed by atoms with E-state index in [9.17, 15) is 4.79 Å². The summed E-state index contributed by atoms with van der Waals surface area (Å²) in [6.45, 7) is 9.77. The fourth-order valence-corrected chi connectivity index (χ4v) is 2.93. The number of amides is 2. The molecule has 0 fully saturated rings. The Hall–Kier alpha value is -2.36. The Morgan fingerprint density at radius 3 is 2.56 bits per heavy atom. The van der Waals surface area contributed by atoms with Crippen molar-refractivity contribution in [2.75, 3.05) is 18.4 Å². The predicted molar refractivity (Wildman–Crippen MR) is 104 cm³/mol. The highest BCUT2D eigenvalue weighted by Gasteiger charge is 2.17. The molecule has 0 unspecified atom stereocenters. The number of benzene rings is 1. The molecular weight excluding hydrogens is 310 g/mol. The number of urea groups is 1. The van der Waals surface area contributed by atoms with Gasteiger partial charge in [0.05, 0.1) is 0 Å². The maximum atomic E-state index is 12.8. The number of rotatable bonds is 7. The molecule has 4 nitrogen and oxygen atoms in total. The normalized spacial score (nSPS) is 10.8. The fourth-order valence-electron chi connectivity index (χ4n) is 2.93. The van der Waals surface area contributed by atoms with Gasteiger partial charge in [-0.15, -0.1) is 0 Å². The highest BCUT2D eigenvalue weighted by molar-refractivity contribution is 5.91. The van der Waals surface area contributed by atoms with Gasteiger partial charge in [0.15, 0.2) is 0 Å². The molecule has 1 N–H and O–H groups in total. The minimum absolute atomic E-state index is 0.0405. The summed E-state index contributed by atoms with van der Waals surface area (Å²) >= 11 is 0. The van der Waals surface area contributed by atoms with Gasteiger partial charge < -0.3 is 10.2 Å². The molecule has 4 heteroatoms. The Morgan fingerprint density at radius 1 is 1.16 bits per heavy atom. The number of anilines is 1. The minimum Gasteiger partial charge on any atom is -0.324 e. The summed E-state index contributed by atoms with van der Waals surface area (Å²) in [6.07, 6.45) is 3.45. The van der Waals surface area contributed by atoms with Gasteiger partial charge >= 0.3 is 6.03 Å². The fraction of sp³-hybridized carbons (Fsp3) is 0.429. The van der Waals surface area contributed by atoms with Gasteiger partial charge in [-0.2, -0.15) is 0 Å². The van der Waals surface area contributed by atoms with Crippen LogP contribution < -0.4 is 5.32 Å². The molecule has 0 aliphatic carbocycles. The van der Waals surface area contributed by atoms with Gasteiger partial charge in [0.2, 0.25) is 0 Å². The second kappa shape index (κ2) is 9.21. The van der Waals surface area contributed by atoms with E-state index in [0.717, 1.165) is 24.2 Å². The highest BCUT2D eigenvalue weighted by Crippen LogP contribution is 2.28. The average Bonchev–Trinajstić information content (AvgIpc) is 2.63. The van der Waals surface area contributed by atoms with E-state index in [4.69, 9.17) is 0 Å². The first-order valence-electron chi connectivity index (χ1n) is 9.14. The zero-order chi connectivity index (χ0) is 18.2. The van der Waals surface area contributed by atoms with E-state index in [1.165, 1.54) is 11.1 Å². The first-order valence-corrected chi connectivity index (χ1v) is 9.14. The van der Waals surface area contributed by atoms with Crippen LogP contribution in [0.2, 0.25) is 0 Å². The predicted octanol–water partition coefficient (Wildman–Crippen LogP) is 4.86. The number of likely N-dealkylation sites (N-methyl/N-ethyl adjacent to an activating group) is 1. The number of aryl methyl sites for hydroxylation is 1. The number of nitrogens with zero attached hydrogens (tertiary/aromatic N) is 2. The summed E-state index contributed by atoms with van der Waals surface area (Å²) in [5.74, 6) is 0.366. The molecule has 2 rings (SSSR count). The summed E-state index contributed by atoms with van der Waals surface area (Å²) in [7, 11) is 0. The number of carbonyl (C=O) groups excluding carboxylic acids is 1. The number of para-hydroxylation sites is 1. The molecule has 0 aliphatic heterocycles. The Kier molecular flexibility index (Phi) is 6.99. The Labute approximate surface area is 151 Å². The van der Waals surface area contributed by atoms with E-state index in [-0.39, 0.29) is 6.03 Å². The standard InChI is InChI=1S/C21H29N3O/c1-5-17-10-9-12-19(16(3)4)20(17)23-21(25)24(6-2)15-13-18-11-7-8-14-22-18/h7-12,14,16H,5-6,13,15H2,1-4H3,(H,23,25). The SMILES string of the molecule is CCc1cccc(C(C)C)c1NC(=O)N(CC)CCc1ccccn1. The zero-order valence-electron chi connectivity index (χ0n) is 15.7. The van der Waals surface area contributed by atoms with Crippen LogP contribution in [0.15, 0.2) is 42.6 Å². The highest BCUT2D eigenvalue weighted by atomic mass is 16.2. The molecule has 0 saturated carbocycles. The van der Waals surface area contributed by atoms with Crippen LogP contribution in [0.25, 0.3) is 0 Å². The molecule has 0 spiro atoms. The monoisotopic (exact) mass is 339 g/mol. The molecule has 2 aromatic rings. The minimum atomic E-state index is -0.0405. The van der Waals surface area contributed by atoms with Crippen molar-refractivity contribution in [3.05, 3.63) is 59.4 Å². The number of nitrogens with one attached hydrogen (secondary N) is 1. The molecule has 0 saturated heterocycles. The lowest BCUT2D eigenvalue weighted by molar-refractivity contribution is 0.215. The molecule has 25 heavy (non-hydrogen) atoms. The van der Waals surface area contributed by atoms with E-state index in [1.54, 1.807) is 6.20 Å². The van der Waals surface area contributed by atoms with Gasteiger partial charge in [-0.1, -0.05) is 45.0 Å². The van der Waals surface area contributed by atoms with E-state index < -0.39 is 0 Å². The Morgan fingerprint density at radius 2 is 1.96 bits per heavy atom. The summed E-state index contributed by atoms with van der Waals surface area (Å²) in [4.78, 5) is 19.0. The lowest BCUT2D eigenvalue weighted by Crippen LogP contribution is -2.37. The molecule has 0 radical (unpaired) electrons. The summed E-state index contributed by atoms with van der Waals surface area (Å²) in [6, 6.07) is 12.1. The molecule has 1 aromatic carbocycles. The van der Waals surface area contributed by atoms with Crippen LogP contribution in [0.5, 0.6) is 0 Å². The first kappa shape index (κ1) is 19.0. The first-order chi connectivity index (χ1) is 12.1. The third-order valence-electron chi connectivity index (χ3n) is 4.45. The van der Waals surface area contributed by atoms with Crippen molar-refractivity contribution < 1.29 is 4.79 Å². The van der Waals surface area contributed by atoms with Crippen molar-refractivity contribution in [2.24, 2.45) is 0 Å². The van der Waals surface area contributed by atoms with Gasteiger partial charge in [0.1, 0.15) is 0 Å². The quantitative estimate of drug-likeness (QED) is 0.782. The van der Waals surface area contributed by atoms with Crippen LogP contribution in [0.4, 0.5) is 10.5 Å². The topological polar surface area (TPSA) is 45.2 Å². The summed E-state index contributed by atoms with van der Waals surface area (Å²) in [5.41, 5.74) is 4.35. The van der Waals surface area contributed by atoms with Crippen molar-refractivity contribution >= 4 is 11.7 Å². The van der Waals surface area contributed by atoms with E-state index in [0.29, 0.717) is 19.0 Å². The zero-order valence-corrected chi connectivity index (χ0v) is 15.7. The van der Waals surface area contributed by atoms with Crippen molar-refractivity contribution in [1.29, 1.82) is 0 Å². The van der Waals surface area contributed by atoms with E-state index in [1.807, 2.05) is 30.0 Å². The van der Waals surface area contributed by atoms with Gasteiger partial charge in [-0.05, 0) is 42.5 Å². The van der Waals surface area contributed by atoms with Crippen molar-refractivity contribution in [2.45, 2.75) is 46.5 Å². The second-order valence-electron chi connectivity index (χ2n) is 6.47. The van der Waals surface area contributed by atoms with Crippen molar-refractivity contribution in [3.63, 3.8) is 0 Å². The van der Waals surface area contributed by atoms with Crippen LogP contribution in [-0.2, 0) is 12.8 Å². The average molecular weight is 339 g/mol. The van der Waals surface area contributed by atoms with E-state index in [2.05, 4.69) is 49.3 Å². The van der Waals surface area contributed by atoms with Crippen LogP contribution >= 0.6 is 0 Å². The molecule has 134 valence electrons. The maximum Gasteiger partial charge on any atom is 0.321 e. The van der Waals surface area contributed by atoms with Crippen molar-refractivity contribution in [3.8, 4) is 0 Å². The molecule has 0 bridgehead atoms. The van der Waals surface area contributed by atoms with Gasteiger partial charge in [-0.3, -0.25) is 4.98 Å². The van der Waals surface area contributed by atoms with Gasteiger partial charge in [-0.25, -0.2) is 4.79 Å².